The zero-order valence-electron chi connectivity index (χ0n) is 13.8. The molecule has 0 radical (unpaired) electrons. The number of amides is 1. The van der Waals surface area contributed by atoms with Crippen LogP contribution in [0.5, 0.6) is 0 Å². The summed E-state index contributed by atoms with van der Waals surface area (Å²) in [6, 6.07) is 4.13. The van der Waals surface area contributed by atoms with Crippen molar-refractivity contribution in [3.8, 4) is 0 Å². The van der Waals surface area contributed by atoms with Crippen LogP contribution in [0, 0.1) is 13.8 Å². The second-order valence-electron chi connectivity index (χ2n) is 5.73. The molecule has 1 amide bonds. The van der Waals surface area contributed by atoms with Crippen LogP contribution in [0.4, 0.5) is 0 Å². The first-order valence-electron chi connectivity index (χ1n) is 7.79. The van der Waals surface area contributed by atoms with Gasteiger partial charge in [-0.1, -0.05) is 6.07 Å². The van der Waals surface area contributed by atoms with Gasteiger partial charge in [-0.2, -0.15) is 0 Å². The predicted molar refractivity (Wildman–Crippen MR) is 86.2 cm³/mol. The lowest BCUT2D eigenvalue weighted by Crippen LogP contribution is -2.36. The van der Waals surface area contributed by atoms with Crippen molar-refractivity contribution in [3.63, 3.8) is 0 Å². The zero-order valence-corrected chi connectivity index (χ0v) is 13.8. The van der Waals surface area contributed by atoms with Crippen LogP contribution < -0.4 is 5.32 Å². The van der Waals surface area contributed by atoms with E-state index in [-0.39, 0.29) is 5.91 Å². The molecule has 1 aromatic rings. The summed E-state index contributed by atoms with van der Waals surface area (Å²) in [4.78, 5) is 14.7. The predicted octanol–water partition coefficient (Wildman–Crippen LogP) is 1.51. The Labute approximate surface area is 132 Å². The number of aryl methyl sites for hydroxylation is 2. The first-order chi connectivity index (χ1) is 10.6. The van der Waals surface area contributed by atoms with Gasteiger partial charge < -0.3 is 14.8 Å². The molecular weight excluding hydrogens is 280 g/mol. The number of morpholine rings is 1. The molecule has 0 bridgehead atoms. The number of carbonyl (C=O) groups is 1. The summed E-state index contributed by atoms with van der Waals surface area (Å²) in [5.41, 5.74) is 4.21. The molecule has 1 saturated heterocycles. The lowest BCUT2D eigenvalue weighted by molar-refractivity contribution is 0.0341. The minimum absolute atomic E-state index is 0.0298. The summed E-state index contributed by atoms with van der Waals surface area (Å²) in [5.74, 6) is -0.0298. The summed E-state index contributed by atoms with van der Waals surface area (Å²) in [6.45, 7) is 9.48. The number of benzene rings is 1. The summed E-state index contributed by atoms with van der Waals surface area (Å²) in [6.07, 6.45) is 0. The van der Waals surface area contributed by atoms with E-state index >= 15 is 0 Å². The molecule has 1 heterocycles. The van der Waals surface area contributed by atoms with E-state index in [1.165, 1.54) is 11.1 Å². The van der Waals surface area contributed by atoms with E-state index < -0.39 is 0 Å². The Morgan fingerprint density at radius 1 is 1.27 bits per heavy atom. The van der Waals surface area contributed by atoms with Gasteiger partial charge in [0.05, 0.1) is 19.8 Å². The number of hydrogen-bond acceptors (Lipinski definition) is 4. The van der Waals surface area contributed by atoms with Gasteiger partial charge >= 0.3 is 0 Å². The van der Waals surface area contributed by atoms with E-state index in [4.69, 9.17) is 9.47 Å². The van der Waals surface area contributed by atoms with Crippen molar-refractivity contribution in [1.29, 1.82) is 0 Å². The first-order valence-corrected chi connectivity index (χ1v) is 7.79. The molecule has 0 unspecified atom stereocenters. The number of rotatable bonds is 6. The molecule has 22 heavy (non-hydrogen) atoms. The van der Waals surface area contributed by atoms with Crippen molar-refractivity contribution in [3.05, 3.63) is 34.4 Å². The molecule has 122 valence electrons. The van der Waals surface area contributed by atoms with E-state index in [0.717, 1.165) is 44.0 Å². The molecule has 1 fully saturated rings. The number of hydrogen-bond donors (Lipinski definition) is 1. The zero-order chi connectivity index (χ0) is 15.9. The molecule has 1 aliphatic rings. The molecule has 2 rings (SSSR count). The lowest BCUT2D eigenvalue weighted by Gasteiger charge is -2.27. The monoisotopic (exact) mass is 306 g/mol. The van der Waals surface area contributed by atoms with Gasteiger partial charge in [0.15, 0.2) is 0 Å². The Balaban J connectivity index is 2.09. The number of carbonyl (C=O) groups excluding carboxylic acids is 1. The highest BCUT2D eigenvalue weighted by molar-refractivity contribution is 5.95. The number of ether oxygens (including phenoxy) is 2. The minimum atomic E-state index is -0.0298. The van der Waals surface area contributed by atoms with E-state index in [1.54, 1.807) is 7.11 Å². The molecule has 5 heteroatoms. The van der Waals surface area contributed by atoms with Gasteiger partial charge in [-0.25, -0.2) is 0 Å². The normalized spacial score (nSPS) is 15.8. The number of methoxy groups -OCH3 is 1. The largest absolute Gasteiger partial charge is 0.383 e. The topological polar surface area (TPSA) is 50.8 Å². The highest BCUT2D eigenvalue weighted by Crippen LogP contribution is 2.18. The van der Waals surface area contributed by atoms with Gasteiger partial charge in [0, 0.05) is 38.9 Å². The van der Waals surface area contributed by atoms with E-state index in [9.17, 15) is 4.79 Å². The fourth-order valence-corrected chi connectivity index (χ4v) is 2.67. The summed E-state index contributed by atoms with van der Waals surface area (Å²) < 4.78 is 10.4. The van der Waals surface area contributed by atoms with Crippen LogP contribution in [0.2, 0.25) is 0 Å². The van der Waals surface area contributed by atoms with Gasteiger partial charge in [-0.3, -0.25) is 9.69 Å². The van der Waals surface area contributed by atoms with E-state index in [1.807, 2.05) is 13.0 Å². The molecule has 1 N–H and O–H groups in total. The maximum atomic E-state index is 12.3. The summed E-state index contributed by atoms with van der Waals surface area (Å²) in [5, 5.41) is 2.89. The average Bonchev–Trinajstić information content (AvgIpc) is 2.51. The van der Waals surface area contributed by atoms with E-state index in [0.29, 0.717) is 13.2 Å². The SMILES string of the molecule is COCCNC(=O)c1cc(CN2CCOCC2)c(C)cc1C. The highest BCUT2D eigenvalue weighted by Gasteiger charge is 2.15. The lowest BCUT2D eigenvalue weighted by atomic mass is 9.99. The third-order valence-electron chi connectivity index (χ3n) is 4.02. The smallest absolute Gasteiger partial charge is 0.251 e. The fourth-order valence-electron chi connectivity index (χ4n) is 2.67. The van der Waals surface area contributed by atoms with Gasteiger partial charge in [-0.05, 0) is 36.6 Å². The van der Waals surface area contributed by atoms with Gasteiger partial charge in [0.25, 0.3) is 5.91 Å². The Bertz CT molecular complexity index is 511. The Morgan fingerprint density at radius 2 is 2.00 bits per heavy atom. The molecule has 0 atom stereocenters. The molecule has 1 aliphatic heterocycles. The Kier molecular flexibility index (Phi) is 6.36. The first kappa shape index (κ1) is 16.9. The van der Waals surface area contributed by atoms with Crippen molar-refractivity contribution >= 4 is 5.91 Å². The van der Waals surface area contributed by atoms with Crippen LogP contribution in [-0.4, -0.2) is 57.4 Å². The number of nitrogens with one attached hydrogen (secondary N) is 1. The van der Waals surface area contributed by atoms with E-state index in [2.05, 4.69) is 23.2 Å². The summed E-state index contributed by atoms with van der Waals surface area (Å²) in [7, 11) is 1.63. The Morgan fingerprint density at radius 3 is 2.68 bits per heavy atom. The Hall–Kier alpha value is -1.43. The molecule has 1 aromatic carbocycles. The molecule has 0 aliphatic carbocycles. The van der Waals surface area contributed by atoms with Crippen molar-refractivity contribution in [2.45, 2.75) is 20.4 Å². The van der Waals surface area contributed by atoms with Crippen LogP contribution in [0.15, 0.2) is 12.1 Å². The summed E-state index contributed by atoms with van der Waals surface area (Å²) >= 11 is 0. The van der Waals surface area contributed by atoms with Crippen LogP contribution in [-0.2, 0) is 16.0 Å². The van der Waals surface area contributed by atoms with Crippen LogP contribution in [0.25, 0.3) is 0 Å². The van der Waals surface area contributed by atoms with Crippen LogP contribution in [0.3, 0.4) is 0 Å². The van der Waals surface area contributed by atoms with Crippen molar-refractivity contribution in [1.82, 2.24) is 10.2 Å². The third kappa shape index (κ3) is 4.53. The molecular formula is C17H26N2O3. The highest BCUT2D eigenvalue weighted by atomic mass is 16.5. The quantitative estimate of drug-likeness (QED) is 0.810. The van der Waals surface area contributed by atoms with Crippen molar-refractivity contribution < 1.29 is 14.3 Å². The van der Waals surface area contributed by atoms with Crippen molar-refractivity contribution in [2.75, 3.05) is 46.6 Å². The van der Waals surface area contributed by atoms with Crippen molar-refractivity contribution in [2.24, 2.45) is 0 Å². The maximum absolute atomic E-state index is 12.3. The standard InChI is InChI=1S/C17H26N2O3/c1-13-10-14(2)16(17(20)18-4-7-21-3)11-15(13)12-19-5-8-22-9-6-19/h10-11H,4-9,12H2,1-3H3,(H,18,20). The molecule has 5 nitrogen and oxygen atoms in total. The average molecular weight is 306 g/mol. The maximum Gasteiger partial charge on any atom is 0.251 e. The third-order valence-corrected chi connectivity index (χ3v) is 4.02. The molecule has 0 aromatic heterocycles. The number of nitrogens with zero attached hydrogens (tertiary/aromatic N) is 1. The van der Waals surface area contributed by atoms with Gasteiger partial charge in [0.2, 0.25) is 0 Å². The van der Waals surface area contributed by atoms with Crippen LogP contribution >= 0.6 is 0 Å². The van der Waals surface area contributed by atoms with Crippen LogP contribution in [0.1, 0.15) is 27.0 Å². The molecule has 0 spiro atoms. The fraction of sp³-hybridized carbons (Fsp3) is 0.588. The minimum Gasteiger partial charge on any atom is -0.383 e. The molecule has 0 saturated carbocycles. The van der Waals surface area contributed by atoms with Gasteiger partial charge in [0.1, 0.15) is 0 Å². The second-order valence-corrected chi connectivity index (χ2v) is 5.73. The van der Waals surface area contributed by atoms with Gasteiger partial charge in [-0.15, -0.1) is 0 Å². The second kappa shape index (κ2) is 8.27.